The fourth-order valence-corrected chi connectivity index (χ4v) is 4.16. The molecule has 164 valence electrons. The molecule has 0 saturated carbocycles. The Kier molecular flexibility index (Phi) is 8.23. The van der Waals surface area contributed by atoms with Gasteiger partial charge in [-0.1, -0.05) is 40.2 Å². The zero-order valence-corrected chi connectivity index (χ0v) is 19.2. The van der Waals surface area contributed by atoms with Crippen LogP contribution < -0.4 is 10.1 Å². The summed E-state index contributed by atoms with van der Waals surface area (Å²) in [6.45, 7) is 3.26. The Labute approximate surface area is 191 Å². The number of carbonyl (C=O) groups is 3. The normalized spacial score (nSPS) is 14.2. The van der Waals surface area contributed by atoms with E-state index in [9.17, 15) is 14.4 Å². The zero-order chi connectivity index (χ0) is 22.2. The van der Waals surface area contributed by atoms with Gasteiger partial charge in [0, 0.05) is 43.0 Å². The van der Waals surface area contributed by atoms with Gasteiger partial charge in [0.1, 0.15) is 5.75 Å². The molecule has 6 nitrogen and oxygen atoms in total. The summed E-state index contributed by atoms with van der Waals surface area (Å²) in [6, 6.07) is 14.6. The Balaban J connectivity index is 1.41. The second-order valence-corrected chi connectivity index (χ2v) is 8.61. The number of hydrogen-bond acceptors (Lipinski definition) is 4. The summed E-state index contributed by atoms with van der Waals surface area (Å²) in [5.41, 5.74) is 1.64. The Morgan fingerprint density at radius 1 is 1.10 bits per heavy atom. The molecule has 0 aromatic heterocycles. The highest BCUT2D eigenvalue weighted by Crippen LogP contribution is 2.21. The van der Waals surface area contributed by atoms with Crippen LogP contribution in [-0.4, -0.2) is 42.3 Å². The number of carbonyl (C=O) groups excluding carboxylic acids is 3. The molecule has 0 unspecified atom stereocenters. The van der Waals surface area contributed by atoms with E-state index in [1.807, 2.05) is 29.2 Å². The highest BCUT2D eigenvalue weighted by molar-refractivity contribution is 9.10. The topological polar surface area (TPSA) is 75.7 Å². The molecule has 1 saturated heterocycles. The molecule has 2 aromatic carbocycles. The minimum Gasteiger partial charge on any atom is -0.427 e. The van der Waals surface area contributed by atoms with Crippen molar-refractivity contribution in [2.24, 2.45) is 5.92 Å². The third kappa shape index (κ3) is 6.92. The molecule has 0 radical (unpaired) electrons. The number of nitrogens with one attached hydrogen (secondary N) is 1. The van der Waals surface area contributed by atoms with Crippen molar-refractivity contribution in [1.82, 2.24) is 10.2 Å². The van der Waals surface area contributed by atoms with Crippen LogP contribution in [0.25, 0.3) is 0 Å². The monoisotopic (exact) mass is 486 g/mol. The van der Waals surface area contributed by atoms with E-state index in [1.54, 1.807) is 24.3 Å². The van der Waals surface area contributed by atoms with Crippen LogP contribution in [0.3, 0.4) is 0 Å². The highest BCUT2D eigenvalue weighted by Gasteiger charge is 2.24. The first kappa shape index (κ1) is 23.0. The van der Waals surface area contributed by atoms with Gasteiger partial charge in [0.15, 0.2) is 0 Å². The molecule has 1 aliphatic rings. The number of nitrogens with zero attached hydrogens (tertiary/aromatic N) is 1. The van der Waals surface area contributed by atoms with E-state index in [0.717, 1.165) is 22.9 Å². The Morgan fingerprint density at radius 2 is 1.84 bits per heavy atom. The molecular weight excluding hydrogens is 460 g/mol. The number of hydrogen-bond donors (Lipinski definition) is 1. The molecule has 31 heavy (non-hydrogen) atoms. The summed E-state index contributed by atoms with van der Waals surface area (Å²) in [5, 5.41) is 3.04. The van der Waals surface area contributed by atoms with Gasteiger partial charge >= 0.3 is 5.97 Å². The predicted molar refractivity (Wildman–Crippen MR) is 122 cm³/mol. The van der Waals surface area contributed by atoms with Gasteiger partial charge in [-0.25, -0.2) is 0 Å². The molecule has 1 N–H and O–H groups in total. The van der Waals surface area contributed by atoms with Gasteiger partial charge in [-0.3, -0.25) is 14.4 Å². The standard InChI is InChI=1S/C24H27BrN2O4/c1-17(28)31-21-7-4-6-20(15-21)24(30)27-13-11-18(12-14-27)16-26-23(29)10-9-19-5-2-3-8-22(19)25/h2-8,15,18H,9-14,16H2,1H3,(H,26,29). The molecule has 2 aromatic rings. The van der Waals surface area contributed by atoms with Gasteiger partial charge in [-0.05, 0) is 55.0 Å². The van der Waals surface area contributed by atoms with Crippen LogP contribution in [0.1, 0.15) is 42.1 Å². The van der Waals surface area contributed by atoms with Gasteiger partial charge in [0.25, 0.3) is 5.91 Å². The van der Waals surface area contributed by atoms with E-state index in [4.69, 9.17) is 4.74 Å². The number of ether oxygens (including phenoxy) is 1. The first-order chi connectivity index (χ1) is 14.9. The maximum absolute atomic E-state index is 12.8. The van der Waals surface area contributed by atoms with Crippen molar-refractivity contribution in [2.45, 2.75) is 32.6 Å². The van der Waals surface area contributed by atoms with Crippen LogP contribution >= 0.6 is 15.9 Å². The molecule has 0 atom stereocenters. The lowest BCUT2D eigenvalue weighted by Gasteiger charge is -2.32. The van der Waals surface area contributed by atoms with Crippen molar-refractivity contribution < 1.29 is 19.1 Å². The number of halogens is 1. The minimum absolute atomic E-state index is 0.0524. The van der Waals surface area contributed by atoms with Crippen molar-refractivity contribution in [3.05, 3.63) is 64.1 Å². The van der Waals surface area contributed by atoms with E-state index in [0.29, 0.717) is 49.7 Å². The smallest absolute Gasteiger partial charge is 0.308 e. The van der Waals surface area contributed by atoms with E-state index in [-0.39, 0.29) is 11.8 Å². The van der Waals surface area contributed by atoms with E-state index in [2.05, 4.69) is 21.2 Å². The number of esters is 1. The molecule has 1 aliphatic heterocycles. The number of likely N-dealkylation sites (tertiary alicyclic amines) is 1. The second kappa shape index (κ2) is 11.1. The van der Waals surface area contributed by atoms with E-state index < -0.39 is 5.97 Å². The van der Waals surface area contributed by atoms with Crippen LogP contribution in [0.5, 0.6) is 5.75 Å². The SMILES string of the molecule is CC(=O)Oc1cccc(C(=O)N2CCC(CNC(=O)CCc3ccccc3Br)CC2)c1. The lowest BCUT2D eigenvalue weighted by Crippen LogP contribution is -2.41. The van der Waals surface area contributed by atoms with Gasteiger partial charge in [0.2, 0.25) is 5.91 Å². The average Bonchev–Trinajstić information content (AvgIpc) is 2.77. The van der Waals surface area contributed by atoms with Crippen LogP contribution in [-0.2, 0) is 16.0 Å². The molecule has 0 bridgehead atoms. The summed E-state index contributed by atoms with van der Waals surface area (Å²) in [4.78, 5) is 37.9. The molecule has 0 aliphatic carbocycles. The summed E-state index contributed by atoms with van der Waals surface area (Å²) in [5.74, 6) is 0.313. The minimum atomic E-state index is -0.413. The summed E-state index contributed by atoms with van der Waals surface area (Å²) < 4.78 is 6.09. The van der Waals surface area contributed by atoms with Crippen molar-refractivity contribution in [3.8, 4) is 5.75 Å². The molecule has 3 rings (SSSR count). The largest absolute Gasteiger partial charge is 0.427 e. The summed E-state index contributed by atoms with van der Waals surface area (Å²) in [6.07, 6.45) is 2.85. The van der Waals surface area contributed by atoms with Gasteiger partial charge in [-0.15, -0.1) is 0 Å². The quantitative estimate of drug-likeness (QED) is 0.474. The Hall–Kier alpha value is -2.67. The third-order valence-corrected chi connectivity index (χ3v) is 6.19. The molecule has 1 heterocycles. The fourth-order valence-electron chi connectivity index (χ4n) is 3.68. The average molecular weight is 487 g/mol. The highest BCUT2D eigenvalue weighted by atomic mass is 79.9. The maximum Gasteiger partial charge on any atom is 0.308 e. The number of rotatable bonds is 7. The van der Waals surface area contributed by atoms with Crippen molar-refractivity contribution >= 4 is 33.7 Å². The molecule has 7 heteroatoms. The number of benzene rings is 2. The number of aryl methyl sites for hydroxylation is 1. The first-order valence-electron chi connectivity index (χ1n) is 10.5. The lowest BCUT2D eigenvalue weighted by molar-refractivity contribution is -0.131. The molecule has 1 fully saturated rings. The number of amides is 2. The Morgan fingerprint density at radius 3 is 2.55 bits per heavy atom. The summed E-state index contributed by atoms with van der Waals surface area (Å²) >= 11 is 3.51. The van der Waals surface area contributed by atoms with Crippen LogP contribution in [0.15, 0.2) is 53.0 Å². The molecule has 2 amide bonds. The predicted octanol–water partition coefficient (Wildman–Crippen LogP) is 3.98. The van der Waals surface area contributed by atoms with Crippen LogP contribution in [0.2, 0.25) is 0 Å². The fraction of sp³-hybridized carbons (Fsp3) is 0.375. The maximum atomic E-state index is 12.8. The van der Waals surface area contributed by atoms with Crippen molar-refractivity contribution in [2.75, 3.05) is 19.6 Å². The van der Waals surface area contributed by atoms with Crippen molar-refractivity contribution in [3.63, 3.8) is 0 Å². The van der Waals surface area contributed by atoms with Gasteiger partial charge in [-0.2, -0.15) is 0 Å². The summed E-state index contributed by atoms with van der Waals surface area (Å²) in [7, 11) is 0. The lowest BCUT2D eigenvalue weighted by atomic mass is 9.96. The van der Waals surface area contributed by atoms with E-state index in [1.165, 1.54) is 6.92 Å². The molecular formula is C24H27BrN2O4. The van der Waals surface area contributed by atoms with Crippen LogP contribution in [0.4, 0.5) is 0 Å². The Bertz CT molecular complexity index is 939. The third-order valence-electron chi connectivity index (χ3n) is 5.41. The van der Waals surface area contributed by atoms with Gasteiger partial charge < -0.3 is 15.0 Å². The number of piperidine rings is 1. The van der Waals surface area contributed by atoms with E-state index >= 15 is 0 Å². The zero-order valence-electron chi connectivity index (χ0n) is 17.6. The van der Waals surface area contributed by atoms with Crippen LogP contribution in [0, 0.1) is 5.92 Å². The van der Waals surface area contributed by atoms with Crippen molar-refractivity contribution in [1.29, 1.82) is 0 Å². The van der Waals surface area contributed by atoms with Gasteiger partial charge in [0.05, 0.1) is 0 Å². The second-order valence-electron chi connectivity index (χ2n) is 7.75. The molecule has 0 spiro atoms. The first-order valence-corrected chi connectivity index (χ1v) is 11.3.